The molecule has 0 spiro atoms. The molecule has 1 aliphatic heterocycles. The van der Waals surface area contributed by atoms with E-state index in [1.165, 1.54) is 0 Å². The van der Waals surface area contributed by atoms with E-state index in [0.717, 1.165) is 24.2 Å². The van der Waals surface area contributed by atoms with Crippen LogP contribution in [-0.4, -0.2) is 28.2 Å². The van der Waals surface area contributed by atoms with Gasteiger partial charge in [-0.3, -0.25) is 4.90 Å². The average Bonchev–Trinajstić information content (AvgIpc) is 2.19. The van der Waals surface area contributed by atoms with Gasteiger partial charge in [-0.25, -0.2) is 0 Å². The summed E-state index contributed by atoms with van der Waals surface area (Å²) in [5, 5.41) is 19.5. The molecular formula is C11H16ClNO2. The molecular weight excluding hydrogens is 214 g/mol. The number of β-amino-alcohol motifs (C(OH)–C–C–N with tert-alkyl or cyclic N) is 1. The van der Waals surface area contributed by atoms with Crippen molar-refractivity contribution in [3.05, 3.63) is 29.3 Å². The lowest BCUT2D eigenvalue weighted by atomic mass is 9.96. The minimum Gasteiger partial charge on any atom is -0.508 e. The molecule has 4 heteroatoms. The molecule has 84 valence electrons. The molecule has 1 atom stereocenters. The Morgan fingerprint density at radius 1 is 1.47 bits per heavy atom. The first-order chi connectivity index (χ1) is 6.72. The Morgan fingerprint density at radius 3 is 2.87 bits per heavy atom. The third-order valence-corrected chi connectivity index (χ3v) is 2.81. The summed E-state index contributed by atoms with van der Waals surface area (Å²) in [6, 6.07) is 5.33. The van der Waals surface area contributed by atoms with Gasteiger partial charge in [0.1, 0.15) is 5.75 Å². The van der Waals surface area contributed by atoms with Gasteiger partial charge in [-0.2, -0.15) is 0 Å². The summed E-state index contributed by atoms with van der Waals surface area (Å²) in [5.74, 6) is 0.291. The summed E-state index contributed by atoms with van der Waals surface area (Å²) in [5.41, 5.74) is 1.74. The molecule has 0 saturated carbocycles. The van der Waals surface area contributed by atoms with Gasteiger partial charge in [0.25, 0.3) is 0 Å². The van der Waals surface area contributed by atoms with E-state index in [1.54, 1.807) is 12.1 Å². The third kappa shape index (κ3) is 2.25. The number of aliphatic hydroxyl groups excluding tert-OH is 1. The summed E-state index contributed by atoms with van der Waals surface area (Å²) in [6.45, 7) is 4.34. The van der Waals surface area contributed by atoms with Crippen LogP contribution in [0.3, 0.4) is 0 Å². The van der Waals surface area contributed by atoms with Crippen LogP contribution in [0.25, 0.3) is 0 Å². The highest BCUT2D eigenvalue weighted by Crippen LogP contribution is 2.31. The van der Waals surface area contributed by atoms with Gasteiger partial charge in [-0.15, -0.1) is 12.4 Å². The largest absolute Gasteiger partial charge is 0.508 e. The van der Waals surface area contributed by atoms with Crippen LogP contribution in [0.2, 0.25) is 0 Å². The van der Waals surface area contributed by atoms with Gasteiger partial charge in [0.05, 0.1) is 6.10 Å². The molecule has 1 unspecified atom stereocenters. The zero-order valence-corrected chi connectivity index (χ0v) is 9.50. The van der Waals surface area contributed by atoms with Crippen molar-refractivity contribution >= 4 is 12.4 Å². The van der Waals surface area contributed by atoms with Crippen molar-refractivity contribution in [1.82, 2.24) is 4.90 Å². The van der Waals surface area contributed by atoms with Crippen molar-refractivity contribution in [2.75, 3.05) is 13.1 Å². The lowest BCUT2D eigenvalue weighted by Gasteiger charge is -2.31. The predicted molar refractivity (Wildman–Crippen MR) is 61.3 cm³/mol. The fourth-order valence-corrected chi connectivity index (χ4v) is 1.95. The number of phenols is 1. The highest BCUT2D eigenvalue weighted by molar-refractivity contribution is 5.85. The number of fused-ring (bicyclic) bond motifs is 1. The number of likely N-dealkylation sites (N-methyl/N-ethyl adjacent to an activating group) is 1. The molecule has 1 aromatic carbocycles. The predicted octanol–water partition coefficient (Wildman–Crippen LogP) is 1.68. The molecule has 0 bridgehead atoms. The number of nitrogens with zero attached hydrogens (tertiary/aromatic N) is 1. The topological polar surface area (TPSA) is 43.7 Å². The molecule has 2 N–H and O–H groups in total. The van der Waals surface area contributed by atoms with Gasteiger partial charge in [0, 0.05) is 18.7 Å². The number of aromatic hydroxyl groups is 1. The maximum absolute atomic E-state index is 9.83. The van der Waals surface area contributed by atoms with E-state index in [1.807, 2.05) is 6.07 Å². The summed E-state index contributed by atoms with van der Waals surface area (Å²) in [6.07, 6.45) is -0.467. The number of benzene rings is 1. The van der Waals surface area contributed by atoms with E-state index in [0.29, 0.717) is 12.3 Å². The molecule has 3 nitrogen and oxygen atoms in total. The molecule has 0 aromatic heterocycles. The zero-order valence-electron chi connectivity index (χ0n) is 8.68. The molecule has 1 heterocycles. The van der Waals surface area contributed by atoms with Gasteiger partial charge in [-0.05, 0) is 18.2 Å². The smallest absolute Gasteiger partial charge is 0.120 e. The number of rotatable bonds is 1. The first-order valence-electron chi connectivity index (χ1n) is 4.93. The lowest BCUT2D eigenvalue weighted by molar-refractivity contribution is 0.0945. The fourth-order valence-electron chi connectivity index (χ4n) is 1.95. The molecule has 15 heavy (non-hydrogen) atoms. The van der Waals surface area contributed by atoms with Crippen molar-refractivity contribution in [3.63, 3.8) is 0 Å². The quantitative estimate of drug-likeness (QED) is 0.770. The molecule has 0 fully saturated rings. The summed E-state index contributed by atoms with van der Waals surface area (Å²) in [4.78, 5) is 2.12. The second-order valence-electron chi connectivity index (χ2n) is 3.69. The molecule has 0 saturated heterocycles. The first-order valence-corrected chi connectivity index (χ1v) is 4.93. The summed E-state index contributed by atoms with van der Waals surface area (Å²) in [7, 11) is 0. The van der Waals surface area contributed by atoms with E-state index in [-0.39, 0.29) is 12.4 Å². The minimum atomic E-state index is -0.467. The molecule has 1 aromatic rings. The first kappa shape index (κ1) is 12.3. The van der Waals surface area contributed by atoms with Crippen LogP contribution in [-0.2, 0) is 6.54 Å². The zero-order chi connectivity index (χ0) is 10.1. The van der Waals surface area contributed by atoms with Crippen molar-refractivity contribution < 1.29 is 10.2 Å². The van der Waals surface area contributed by atoms with Crippen LogP contribution in [0, 0.1) is 0 Å². The Hall–Kier alpha value is -0.770. The lowest BCUT2D eigenvalue weighted by Crippen LogP contribution is -2.33. The molecule has 0 amide bonds. The van der Waals surface area contributed by atoms with Gasteiger partial charge >= 0.3 is 0 Å². The van der Waals surface area contributed by atoms with E-state index >= 15 is 0 Å². The maximum atomic E-state index is 9.83. The summed E-state index contributed by atoms with van der Waals surface area (Å²) >= 11 is 0. The SMILES string of the molecule is CCN1Cc2c(O)cccc2C(O)C1.Cl. The highest BCUT2D eigenvalue weighted by atomic mass is 35.5. The number of aliphatic hydroxyl groups is 1. The number of phenolic OH excluding ortho intramolecular Hbond substituents is 1. The van der Waals surface area contributed by atoms with Crippen molar-refractivity contribution in [3.8, 4) is 5.75 Å². The van der Waals surface area contributed by atoms with Gasteiger partial charge in [0.15, 0.2) is 0 Å². The molecule has 1 aliphatic rings. The van der Waals surface area contributed by atoms with E-state index in [4.69, 9.17) is 0 Å². The van der Waals surface area contributed by atoms with Crippen molar-refractivity contribution in [2.24, 2.45) is 0 Å². The second-order valence-corrected chi connectivity index (χ2v) is 3.69. The Bertz CT molecular complexity index is 343. The van der Waals surface area contributed by atoms with Crippen LogP contribution in [0.15, 0.2) is 18.2 Å². The van der Waals surface area contributed by atoms with E-state index in [2.05, 4.69) is 11.8 Å². The Morgan fingerprint density at radius 2 is 2.20 bits per heavy atom. The fraction of sp³-hybridized carbons (Fsp3) is 0.455. The molecule has 0 radical (unpaired) electrons. The standard InChI is InChI=1S/C11H15NO2.ClH/c1-2-12-6-9-8(11(14)7-12)4-3-5-10(9)13;/h3-5,11,13-14H,2,6-7H2,1H3;1H. The normalized spacial score (nSPS) is 20.5. The minimum absolute atomic E-state index is 0. The molecule has 0 aliphatic carbocycles. The van der Waals surface area contributed by atoms with Crippen molar-refractivity contribution in [1.29, 1.82) is 0 Å². The van der Waals surface area contributed by atoms with Gasteiger partial charge < -0.3 is 10.2 Å². The molecule has 2 rings (SSSR count). The maximum Gasteiger partial charge on any atom is 0.120 e. The van der Waals surface area contributed by atoms with Gasteiger partial charge in [0.2, 0.25) is 0 Å². The third-order valence-electron chi connectivity index (χ3n) is 2.81. The number of hydrogen-bond donors (Lipinski definition) is 2. The number of halogens is 1. The Kier molecular flexibility index (Phi) is 3.97. The van der Waals surface area contributed by atoms with Crippen LogP contribution in [0.5, 0.6) is 5.75 Å². The number of hydrogen-bond acceptors (Lipinski definition) is 3. The monoisotopic (exact) mass is 229 g/mol. The second kappa shape index (κ2) is 4.84. The average molecular weight is 230 g/mol. The Balaban J connectivity index is 0.00000112. The highest BCUT2D eigenvalue weighted by Gasteiger charge is 2.24. The van der Waals surface area contributed by atoms with Gasteiger partial charge in [-0.1, -0.05) is 19.1 Å². The Labute approximate surface area is 95.8 Å². The van der Waals surface area contributed by atoms with Crippen LogP contribution in [0.1, 0.15) is 24.2 Å². The van der Waals surface area contributed by atoms with Crippen LogP contribution < -0.4 is 0 Å². The van der Waals surface area contributed by atoms with Crippen LogP contribution in [0.4, 0.5) is 0 Å². The van der Waals surface area contributed by atoms with Crippen molar-refractivity contribution in [2.45, 2.75) is 19.6 Å². The van der Waals surface area contributed by atoms with Crippen LogP contribution >= 0.6 is 12.4 Å². The summed E-state index contributed by atoms with van der Waals surface area (Å²) < 4.78 is 0. The van der Waals surface area contributed by atoms with E-state index in [9.17, 15) is 10.2 Å². The van der Waals surface area contributed by atoms with E-state index < -0.39 is 6.10 Å².